The van der Waals surface area contributed by atoms with Gasteiger partial charge in [-0.3, -0.25) is 14.7 Å². The fraction of sp³-hybridized carbons (Fsp3) is 0.308. The van der Waals surface area contributed by atoms with Crippen molar-refractivity contribution in [2.75, 3.05) is 39.3 Å². The zero-order valence-electron chi connectivity index (χ0n) is 18.6. The highest BCUT2D eigenvalue weighted by molar-refractivity contribution is 6.30. The van der Waals surface area contributed by atoms with E-state index in [2.05, 4.69) is 62.6 Å². The molecule has 0 radical (unpaired) electrons. The Balaban J connectivity index is 0.00000306. The number of aromatic nitrogens is 1. The molecular weight excluding hydrogens is 455 g/mol. The summed E-state index contributed by atoms with van der Waals surface area (Å²) < 4.78 is 0. The summed E-state index contributed by atoms with van der Waals surface area (Å²) >= 11 is 6.13. The van der Waals surface area contributed by atoms with E-state index >= 15 is 0 Å². The molecule has 0 saturated carbocycles. The van der Waals surface area contributed by atoms with Gasteiger partial charge in [-0.1, -0.05) is 60.1 Å². The second-order valence-electron chi connectivity index (χ2n) is 8.07. The van der Waals surface area contributed by atoms with E-state index in [0.29, 0.717) is 12.2 Å². The van der Waals surface area contributed by atoms with Gasteiger partial charge in [0, 0.05) is 43.9 Å². The highest BCUT2D eigenvalue weighted by Gasteiger charge is 2.26. The van der Waals surface area contributed by atoms with Crippen molar-refractivity contribution in [3.63, 3.8) is 0 Å². The van der Waals surface area contributed by atoms with Crippen molar-refractivity contribution >= 4 is 29.9 Å². The van der Waals surface area contributed by atoms with Crippen molar-refractivity contribution < 1.29 is 4.79 Å². The van der Waals surface area contributed by atoms with Crippen LogP contribution in [0, 0.1) is 0 Å². The molecule has 3 aromatic rings. The molecule has 1 unspecified atom stereocenters. The number of carbonyl (C=O) groups is 1. The summed E-state index contributed by atoms with van der Waals surface area (Å²) in [6.45, 7) is 5.68. The first-order valence-corrected chi connectivity index (χ1v) is 11.5. The Bertz CT molecular complexity index is 978. The van der Waals surface area contributed by atoms with E-state index in [-0.39, 0.29) is 24.4 Å². The average Bonchev–Trinajstić information content (AvgIpc) is 2.85. The fourth-order valence-electron chi connectivity index (χ4n) is 4.23. The Morgan fingerprint density at radius 1 is 0.909 bits per heavy atom. The molecule has 4 rings (SSSR count). The molecule has 1 atom stereocenters. The van der Waals surface area contributed by atoms with Crippen molar-refractivity contribution in [3.05, 3.63) is 101 Å². The lowest BCUT2D eigenvalue weighted by Crippen LogP contribution is -2.48. The molecule has 1 aliphatic heterocycles. The van der Waals surface area contributed by atoms with Crippen LogP contribution in [-0.2, 0) is 0 Å². The lowest BCUT2D eigenvalue weighted by Gasteiger charge is -2.40. The van der Waals surface area contributed by atoms with Crippen LogP contribution in [0.2, 0.25) is 5.02 Å². The number of nitrogens with zero attached hydrogens (tertiary/aromatic N) is 3. The molecule has 0 bridgehead atoms. The van der Waals surface area contributed by atoms with Crippen LogP contribution in [0.5, 0.6) is 0 Å². The predicted octanol–water partition coefficient (Wildman–Crippen LogP) is 4.68. The summed E-state index contributed by atoms with van der Waals surface area (Å²) in [7, 11) is 0. The number of carbonyl (C=O) groups excluding carboxylic acids is 1. The Morgan fingerprint density at radius 2 is 1.58 bits per heavy atom. The minimum atomic E-state index is -0.107. The monoisotopic (exact) mass is 484 g/mol. The van der Waals surface area contributed by atoms with Crippen LogP contribution >= 0.6 is 24.0 Å². The van der Waals surface area contributed by atoms with Gasteiger partial charge in [-0.15, -0.1) is 12.4 Å². The second kappa shape index (κ2) is 12.7. The molecule has 33 heavy (non-hydrogen) atoms. The van der Waals surface area contributed by atoms with Crippen LogP contribution in [0.1, 0.15) is 34.1 Å². The summed E-state index contributed by atoms with van der Waals surface area (Å²) in [5, 5.41) is 3.73. The highest BCUT2D eigenvalue weighted by atomic mass is 35.5. The fourth-order valence-corrected chi connectivity index (χ4v) is 4.36. The Kier molecular flexibility index (Phi) is 9.70. The van der Waals surface area contributed by atoms with Crippen molar-refractivity contribution in [1.82, 2.24) is 20.1 Å². The third kappa shape index (κ3) is 7.02. The van der Waals surface area contributed by atoms with Gasteiger partial charge < -0.3 is 10.2 Å². The molecule has 0 spiro atoms. The molecule has 1 aromatic heterocycles. The van der Waals surface area contributed by atoms with Gasteiger partial charge in [0.1, 0.15) is 5.69 Å². The van der Waals surface area contributed by atoms with E-state index < -0.39 is 0 Å². The normalized spacial score (nSPS) is 15.4. The van der Waals surface area contributed by atoms with Gasteiger partial charge >= 0.3 is 0 Å². The van der Waals surface area contributed by atoms with Gasteiger partial charge in [-0.05, 0) is 48.4 Å². The van der Waals surface area contributed by atoms with Crippen molar-refractivity contribution in [2.45, 2.75) is 12.5 Å². The van der Waals surface area contributed by atoms with E-state index in [9.17, 15) is 4.79 Å². The van der Waals surface area contributed by atoms with Crippen LogP contribution < -0.4 is 5.32 Å². The Hall–Kier alpha value is -2.44. The van der Waals surface area contributed by atoms with Crippen LogP contribution in [-0.4, -0.2) is 60.0 Å². The average molecular weight is 485 g/mol. The molecule has 1 amide bonds. The number of rotatable bonds is 8. The summed E-state index contributed by atoms with van der Waals surface area (Å²) in [5.74, 6) is -0.107. The second-order valence-corrected chi connectivity index (χ2v) is 8.50. The quantitative estimate of drug-likeness (QED) is 0.471. The maximum atomic E-state index is 12.1. The molecule has 1 N–H and O–H groups in total. The number of pyridine rings is 1. The molecule has 1 saturated heterocycles. The van der Waals surface area contributed by atoms with E-state index in [4.69, 9.17) is 11.6 Å². The van der Waals surface area contributed by atoms with Crippen LogP contribution in [0.25, 0.3) is 0 Å². The first-order valence-electron chi connectivity index (χ1n) is 11.2. The molecule has 7 heteroatoms. The van der Waals surface area contributed by atoms with E-state index in [1.807, 2.05) is 24.3 Å². The van der Waals surface area contributed by atoms with Gasteiger partial charge in [0.2, 0.25) is 0 Å². The number of hydrogen-bond acceptors (Lipinski definition) is 4. The number of hydrogen-bond donors (Lipinski definition) is 1. The largest absolute Gasteiger partial charge is 0.351 e. The minimum absolute atomic E-state index is 0. The maximum Gasteiger partial charge on any atom is 0.269 e. The highest BCUT2D eigenvalue weighted by Crippen LogP contribution is 2.30. The van der Waals surface area contributed by atoms with Gasteiger partial charge in [0.15, 0.2) is 0 Å². The van der Waals surface area contributed by atoms with E-state index in [1.54, 1.807) is 12.3 Å². The van der Waals surface area contributed by atoms with Gasteiger partial charge in [0.25, 0.3) is 5.91 Å². The summed E-state index contributed by atoms with van der Waals surface area (Å²) in [6.07, 6.45) is 2.57. The van der Waals surface area contributed by atoms with E-state index in [1.165, 1.54) is 11.1 Å². The molecule has 1 aliphatic rings. The molecule has 5 nitrogen and oxygen atoms in total. The standard InChI is InChI=1S/C26H29ClN4O.ClH/c27-23-12-10-22(11-13-23)25(21-7-2-1-3-8-21)31-19-17-30(18-20-31)16-6-15-29-26(32)24-9-4-5-14-28-24;/h1-5,7-14,25H,6,15-20H2,(H,29,32);1H. The minimum Gasteiger partial charge on any atom is -0.351 e. The van der Waals surface area contributed by atoms with E-state index in [0.717, 1.165) is 44.2 Å². The molecule has 2 heterocycles. The number of amides is 1. The SMILES string of the molecule is Cl.O=C(NCCCN1CCN(C(c2ccccc2)c2ccc(Cl)cc2)CC1)c1ccccn1. The Morgan fingerprint density at radius 3 is 2.24 bits per heavy atom. The summed E-state index contributed by atoms with van der Waals surface area (Å²) in [4.78, 5) is 21.2. The summed E-state index contributed by atoms with van der Waals surface area (Å²) in [6, 6.07) is 24.5. The topological polar surface area (TPSA) is 48.5 Å². The van der Waals surface area contributed by atoms with Crippen LogP contribution in [0.3, 0.4) is 0 Å². The molecule has 0 aliphatic carbocycles. The number of nitrogens with one attached hydrogen (secondary N) is 1. The van der Waals surface area contributed by atoms with Gasteiger partial charge in [0.05, 0.1) is 6.04 Å². The molecular formula is C26H30Cl2N4O. The zero-order valence-corrected chi connectivity index (χ0v) is 20.1. The van der Waals surface area contributed by atoms with Crippen molar-refractivity contribution in [3.8, 4) is 0 Å². The Labute approximate surface area is 207 Å². The first kappa shape index (κ1) is 25.2. The third-order valence-corrected chi connectivity index (χ3v) is 6.16. The summed E-state index contributed by atoms with van der Waals surface area (Å²) in [5.41, 5.74) is 3.04. The lowest BCUT2D eigenvalue weighted by atomic mass is 9.96. The number of halogens is 2. The van der Waals surface area contributed by atoms with Crippen LogP contribution in [0.15, 0.2) is 79.0 Å². The first-order chi connectivity index (χ1) is 15.7. The maximum absolute atomic E-state index is 12.1. The number of benzene rings is 2. The number of piperazine rings is 1. The lowest BCUT2D eigenvalue weighted by molar-refractivity contribution is 0.0936. The van der Waals surface area contributed by atoms with Crippen molar-refractivity contribution in [2.24, 2.45) is 0 Å². The van der Waals surface area contributed by atoms with Crippen LogP contribution in [0.4, 0.5) is 0 Å². The molecule has 1 fully saturated rings. The van der Waals surface area contributed by atoms with Crippen molar-refractivity contribution in [1.29, 1.82) is 0 Å². The molecule has 174 valence electrons. The third-order valence-electron chi connectivity index (χ3n) is 5.91. The zero-order chi connectivity index (χ0) is 22.2. The van der Waals surface area contributed by atoms with Gasteiger partial charge in [-0.2, -0.15) is 0 Å². The molecule has 2 aromatic carbocycles. The van der Waals surface area contributed by atoms with Gasteiger partial charge in [-0.25, -0.2) is 0 Å². The smallest absolute Gasteiger partial charge is 0.269 e. The predicted molar refractivity (Wildman–Crippen MR) is 136 cm³/mol.